The van der Waals surface area contributed by atoms with Crippen molar-refractivity contribution in [3.63, 3.8) is 0 Å². The van der Waals surface area contributed by atoms with Crippen molar-refractivity contribution in [2.75, 3.05) is 5.73 Å². The summed E-state index contributed by atoms with van der Waals surface area (Å²) in [6.45, 7) is 1.97. The first-order chi connectivity index (χ1) is 8.40. The second-order valence-corrected chi connectivity index (χ2v) is 5.63. The van der Waals surface area contributed by atoms with Gasteiger partial charge < -0.3 is 5.73 Å². The van der Waals surface area contributed by atoms with Crippen LogP contribution in [0.1, 0.15) is 11.3 Å². The zero-order chi connectivity index (χ0) is 13.3. The lowest BCUT2D eigenvalue weighted by atomic mass is 10.3. The predicted octanol–water partition coefficient (Wildman–Crippen LogP) is -0.488. The van der Waals surface area contributed by atoms with Crippen LogP contribution in [0.5, 0.6) is 0 Å². The summed E-state index contributed by atoms with van der Waals surface area (Å²) in [6, 6.07) is 0. The Morgan fingerprint density at radius 1 is 1.56 bits per heavy atom. The molecular formula is C9H14N6O2S. The number of nitrogens with two attached hydrogens (primary N) is 1. The summed E-state index contributed by atoms with van der Waals surface area (Å²) in [4.78, 5) is -0.0221. The van der Waals surface area contributed by atoms with E-state index in [1.807, 2.05) is 6.92 Å². The van der Waals surface area contributed by atoms with Crippen molar-refractivity contribution in [1.29, 1.82) is 0 Å². The fourth-order valence-corrected chi connectivity index (χ4v) is 2.60. The van der Waals surface area contributed by atoms with Gasteiger partial charge in [0.25, 0.3) is 0 Å². The van der Waals surface area contributed by atoms with E-state index in [-0.39, 0.29) is 17.3 Å². The molecule has 0 amide bonds. The first-order valence-electron chi connectivity index (χ1n) is 5.18. The third-order valence-electron chi connectivity index (χ3n) is 2.50. The maximum atomic E-state index is 12.0. The van der Waals surface area contributed by atoms with E-state index >= 15 is 0 Å². The number of nitrogens with zero attached hydrogens (tertiary/aromatic N) is 3. The molecule has 0 saturated carbocycles. The van der Waals surface area contributed by atoms with Gasteiger partial charge in [0.1, 0.15) is 4.90 Å². The Balaban J connectivity index is 2.18. The minimum atomic E-state index is -3.66. The molecule has 0 aromatic carbocycles. The van der Waals surface area contributed by atoms with Crippen molar-refractivity contribution in [1.82, 2.24) is 24.7 Å². The highest BCUT2D eigenvalue weighted by Crippen LogP contribution is 2.15. The summed E-state index contributed by atoms with van der Waals surface area (Å²) in [6.07, 6.45) is 2.93. The van der Waals surface area contributed by atoms with E-state index in [1.54, 1.807) is 13.2 Å². The molecule has 0 aliphatic rings. The summed E-state index contributed by atoms with van der Waals surface area (Å²) < 4.78 is 27.8. The monoisotopic (exact) mass is 270 g/mol. The normalized spacial score (nSPS) is 11.9. The Bertz CT molecular complexity index is 656. The van der Waals surface area contributed by atoms with Crippen LogP contribution in [-0.4, -0.2) is 28.4 Å². The van der Waals surface area contributed by atoms with Gasteiger partial charge in [-0.15, -0.1) is 0 Å². The van der Waals surface area contributed by atoms with E-state index in [1.165, 1.54) is 10.9 Å². The highest BCUT2D eigenvalue weighted by Gasteiger charge is 2.20. The Hall–Kier alpha value is -1.87. The first kappa shape index (κ1) is 12.6. The second kappa shape index (κ2) is 4.42. The average molecular weight is 270 g/mol. The third kappa shape index (κ3) is 2.36. The number of hydrogen-bond acceptors (Lipinski definition) is 5. The van der Waals surface area contributed by atoms with E-state index in [4.69, 9.17) is 5.73 Å². The molecule has 18 heavy (non-hydrogen) atoms. The van der Waals surface area contributed by atoms with Gasteiger partial charge >= 0.3 is 0 Å². The lowest BCUT2D eigenvalue weighted by molar-refractivity contribution is 0.581. The van der Waals surface area contributed by atoms with Gasteiger partial charge in [0.15, 0.2) is 5.82 Å². The largest absolute Gasteiger partial charge is 0.381 e. The number of rotatable bonds is 4. The van der Waals surface area contributed by atoms with Gasteiger partial charge in [-0.25, -0.2) is 13.1 Å². The SMILES string of the molecule is Cc1[nH]ncc1CNS(=O)(=O)c1cn(C)nc1N. The number of nitrogens with one attached hydrogen (secondary N) is 2. The summed E-state index contributed by atoms with van der Waals surface area (Å²) >= 11 is 0. The van der Waals surface area contributed by atoms with Gasteiger partial charge in [-0.3, -0.25) is 9.78 Å². The topological polar surface area (TPSA) is 119 Å². The Kier molecular flexibility index (Phi) is 3.09. The van der Waals surface area contributed by atoms with E-state index in [0.29, 0.717) is 0 Å². The summed E-state index contributed by atoms with van der Waals surface area (Å²) in [7, 11) is -2.06. The Morgan fingerprint density at radius 2 is 2.28 bits per heavy atom. The number of nitrogen functional groups attached to an aromatic ring is 1. The molecule has 2 aromatic heterocycles. The molecule has 0 aliphatic heterocycles. The van der Waals surface area contributed by atoms with Crippen LogP contribution in [0.25, 0.3) is 0 Å². The van der Waals surface area contributed by atoms with Crippen LogP contribution in [0.4, 0.5) is 5.82 Å². The van der Waals surface area contributed by atoms with Crippen molar-refractivity contribution >= 4 is 15.8 Å². The molecule has 2 aromatic rings. The quantitative estimate of drug-likeness (QED) is 0.693. The molecule has 0 fully saturated rings. The van der Waals surface area contributed by atoms with Crippen LogP contribution in [0.3, 0.4) is 0 Å². The summed E-state index contributed by atoms with van der Waals surface area (Å²) in [5.41, 5.74) is 7.13. The van der Waals surface area contributed by atoms with E-state index in [0.717, 1.165) is 11.3 Å². The molecule has 4 N–H and O–H groups in total. The molecule has 0 unspecified atom stereocenters. The highest BCUT2D eigenvalue weighted by molar-refractivity contribution is 7.89. The minimum Gasteiger partial charge on any atom is -0.381 e. The van der Waals surface area contributed by atoms with Crippen LogP contribution in [0, 0.1) is 6.92 Å². The molecule has 0 spiro atoms. The van der Waals surface area contributed by atoms with Crippen LogP contribution in [0.2, 0.25) is 0 Å². The van der Waals surface area contributed by atoms with Crippen LogP contribution in [0.15, 0.2) is 17.3 Å². The van der Waals surface area contributed by atoms with Crippen molar-refractivity contribution < 1.29 is 8.42 Å². The van der Waals surface area contributed by atoms with Gasteiger partial charge in [0.2, 0.25) is 10.0 Å². The lowest BCUT2D eigenvalue weighted by Gasteiger charge is -2.04. The number of hydrogen-bond donors (Lipinski definition) is 3. The van der Waals surface area contributed by atoms with Gasteiger partial charge in [-0.1, -0.05) is 0 Å². The van der Waals surface area contributed by atoms with E-state index < -0.39 is 10.0 Å². The average Bonchev–Trinajstić information content (AvgIpc) is 2.82. The molecule has 2 heterocycles. The molecule has 8 nitrogen and oxygen atoms in total. The van der Waals surface area contributed by atoms with E-state index in [2.05, 4.69) is 20.0 Å². The smallest absolute Gasteiger partial charge is 0.246 e. The van der Waals surface area contributed by atoms with Crippen molar-refractivity contribution in [3.05, 3.63) is 23.7 Å². The Morgan fingerprint density at radius 3 is 2.78 bits per heavy atom. The zero-order valence-corrected chi connectivity index (χ0v) is 10.8. The molecule has 0 radical (unpaired) electrons. The van der Waals surface area contributed by atoms with Gasteiger partial charge in [0.05, 0.1) is 6.20 Å². The minimum absolute atomic E-state index is 0.0195. The maximum Gasteiger partial charge on any atom is 0.246 e. The number of aryl methyl sites for hydroxylation is 2. The van der Waals surface area contributed by atoms with Crippen molar-refractivity contribution in [3.8, 4) is 0 Å². The molecule has 0 aliphatic carbocycles. The van der Waals surface area contributed by atoms with Crippen LogP contribution >= 0.6 is 0 Å². The fourth-order valence-electron chi connectivity index (χ4n) is 1.50. The number of anilines is 1. The maximum absolute atomic E-state index is 12.0. The van der Waals surface area contributed by atoms with E-state index in [9.17, 15) is 8.42 Å². The number of aromatic amines is 1. The molecule has 2 rings (SSSR count). The summed E-state index contributed by atoms with van der Waals surface area (Å²) in [5, 5.41) is 10.3. The van der Waals surface area contributed by atoms with Crippen molar-refractivity contribution in [2.24, 2.45) is 7.05 Å². The van der Waals surface area contributed by atoms with Crippen molar-refractivity contribution in [2.45, 2.75) is 18.4 Å². The van der Waals surface area contributed by atoms with Gasteiger partial charge in [0, 0.05) is 31.0 Å². The molecular weight excluding hydrogens is 256 g/mol. The second-order valence-electron chi connectivity index (χ2n) is 3.90. The standard InChI is InChI=1S/C9H14N6O2S/c1-6-7(3-11-13-6)4-12-18(16,17)8-5-15(2)14-9(8)10/h3,5,12H,4H2,1-2H3,(H2,10,14)(H,11,13). The molecule has 0 bridgehead atoms. The number of aromatic nitrogens is 4. The summed E-state index contributed by atoms with van der Waals surface area (Å²) in [5.74, 6) is -0.0195. The highest BCUT2D eigenvalue weighted by atomic mass is 32.2. The zero-order valence-electron chi connectivity index (χ0n) is 10.0. The molecule has 9 heteroatoms. The molecule has 98 valence electrons. The molecule has 0 saturated heterocycles. The third-order valence-corrected chi connectivity index (χ3v) is 3.92. The lowest BCUT2D eigenvalue weighted by Crippen LogP contribution is -2.23. The number of sulfonamides is 1. The Labute approximate surface area is 104 Å². The van der Waals surface area contributed by atoms with Gasteiger partial charge in [-0.2, -0.15) is 10.2 Å². The van der Waals surface area contributed by atoms with Gasteiger partial charge in [-0.05, 0) is 6.92 Å². The predicted molar refractivity (Wildman–Crippen MR) is 65.0 cm³/mol. The molecule has 0 atom stereocenters. The van der Waals surface area contributed by atoms with Crippen LogP contribution < -0.4 is 10.5 Å². The fraction of sp³-hybridized carbons (Fsp3) is 0.333. The number of H-pyrrole nitrogens is 1. The van der Waals surface area contributed by atoms with Crippen LogP contribution in [-0.2, 0) is 23.6 Å². The first-order valence-corrected chi connectivity index (χ1v) is 6.66.